The molecule has 2 heterocycles. The Labute approximate surface area is 180 Å². The zero-order valence-electron chi connectivity index (χ0n) is 16.6. The van der Waals surface area contributed by atoms with Crippen molar-refractivity contribution < 1.29 is 17.9 Å². The minimum absolute atomic E-state index is 0.320. The summed E-state index contributed by atoms with van der Waals surface area (Å²) in [7, 11) is 1.60. The maximum absolute atomic E-state index is 12.8. The van der Waals surface area contributed by atoms with E-state index in [-0.39, 0.29) is 0 Å². The van der Waals surface area contributed by atoms with Crippen molar-refractivity contribution >= 4 is 23.0 Å². The van der Waals surface area contributed by atoms with E-state index >= 15 is 0 Å². The summed E-state index contributed by atoms with van der Waals surface area (Å²) >= 11 is 1.58. The quantitative estimate of drug-likeness (QED) is 0.390. The van der Waals surface area contributed by atoms with E-state index in [9.17, 15) is 13.2 Å². The zero-order valence-corrected chi connectivity index (χ0v) is 17.4. The molecule has 5 nitrogen and oxygen atoms in total. The smallest absolute Gasteiger partial charge is 0.416 e. The summed E-state index contributed by atoms with van der Waals surface area (Å²) < 4.78 is 43.9. The van der Waals surface area contributed by atoms with Crippen molar-refractivity contribution in [1.82, 2.24) is 15.0 Å². The van der Waals surface area contributed by atoms with Crippen LogP contribution in [0, 0.1) is 6.92 Å². The number of methoxy groups -OCH3 is 1. The summed E-state index contributed by atoms with van der Waals surface area (Å²) in [5.41, 5.74) is 2.01. The van der Waals surface area contributed by atoms with Gasteiger partial charge in [-0.15, -0.1) is 11.3 Å². The molecular weight excluding hydrogens is 425 g/mol. The largest absolute Gasteiger partial charge is 0.496 e. The number of rotatable bonds is 5. The highest BCUT2D eigenvalue weighted by molar-refractivity contribution is 7.15. The third kappa shape index (κ3) is 4.66. The Kier molecular flexibility index (Phi) is 5.60. The van der Waals surface area contributed by atoms with Gasteiger partial charge >= 0.3 is 6.18 Å². The van der Waals surface area contributed by atoms with Crippen LogP contribution in [-0.4, -0.2) is 22.1 Å². The van der Waals surface area contributed by atoms with Gasteiger partial charge in [0.05, 0.1) is 28.3 Å². The number of hydrogen-bond donors (Lipinski definition) is 1. The number of hydrogen-bond acceptors (Lipinski definition) is 6. The zero-order chi connectivity index (χ0) is 22.0. The third-order valence-corrected chi connectivity index (χ3v) is 5.45. The maximum atomic E-state index is 12.8. The first-order chi connectivity index (χ1) is 14.8. The van der Waals surface area contributed by atoms with E-state index in [2.05, 4.69) is 20.3 Å². The Morgan fingerprint density at radius 2 is 1.77 bits per heavy atom. The first-order valence-corrected chi connectivity index (χ1v) is 10.0. The average Bonchev–Trinajstić information content (AvgIpc) is 3.19. The molecule has 31 heavy (non-hydrogen) atoms. The maximum Gasteiger partial charge on any atom is 0.416 e. The number of nitrogens with zero attached hydrogens (tertiary/aromatic N) is 3. The van der Waals surface area contributed by atoms with E-state index in [0.29, 0.717) is 28.6 Å². The predicted octanol–water partition coefficient (Wildman–Crippen LogP) is 6.35. The van der Waals surface area contributed by atoms with Gasteiger partial charge in [-0.1, -0.05) is 12.1 Å². The minimum Gasteiger partial charge on any atom is -0.496 e. The summed E-state index contributed by atoms with van der Waals surface area (Å²) in [6, 6.07) is 12.1. The van der Waals surface area contributed by atoms with Gasteiger partial charge in [0.25, 0.3) is 0 Å². The molecule has 0 amide bonds. The van der Waals surface area contributed by atoms with Crippen LogP contribution in [0.15, 0.2) is 60.9 Å². The standard InChI is InChI=1S/C22H17F3N4OS/c1-13-27-12-20(31-13)17-8-7-16(11-19(17)30-2)28-21-26-10-9-18(29-21)14-3-5-15(6-4-14)22(23,24)25/h3-12H,1-2H3,(H,26,28,29). The number of aryl methyl sites for hydroxylation is 1. The monoisotopic (exact) mass is 442 g/mol. The highest BCUT2D eigenvalue weighted by Gasteiger charge is 2.30. The van der Waals surface area contributed by atoms with Gasteiger partial charge < -0.3 is 10.1 Å². The first kappa shape index (κ1) is 20.8. The second-order valence-corrected chi connectivity index (χ2v) is 7.86. The van der Waals surface area contributed by atoms with Crippen molar-refractivity contribution in [2.24, 2.45) is 0 Å². The molecule has 1 N–H and O–H groups in total. The number of halogens is 3. The van der Waals surface area contributed by atoms with Gasteiger partial charge in [0.1, 0.15) is 5.75 Å². The molecule has 0 unspecified atom stereocenters. The van der Waals surface area contributed by atoms with Crippen LogP contribution in [0.2, 0.25) is 0 Å². The lowest BCUT2D eigenvalue weighted by molar-refractivity contribution is -0.137. The van der Waals surface area contributed by atoms with Crippen molar-refractivity contribution in [2.75, 3.05) is 12.4 Å². The molecule has 2 aromatic heterocycles. The van der Waals surface area contributed by atoms with Crippen LogP contribution in [-0.2, 0) is 6.18 Å². The molecule has 2 aromatic carbocycles. The van der Waals surface area contributed by atoms with Crippen molar-refractivity contribution in [2.45, 2.75) is 13.1 Å². The van der Waals surface area contributed by atoms with E-state index < -0.39 is 11.7 Å². The fraction of sp³-hybridized carbons (Fsp3) is 0.136. The molecule has 4 aromatic rings. The SMILES string of the molecule is COc1cc(Nc2nccc(-c3ccc(C(F)(F)F)cc3)n2)ccc1-c1cnc(C)s1. The number of nitrogens with one attached hydrogen (secondary N) is 1. The third-order valence-electron chi connectivity index (χ3n) is 4.51. The fourth-order valence-corrected chi connectivity index (χ4v) is 3.80. The normalized spacial score (nSPS) is 11.4. The lowest BCUT2D eigenvalue weighted by Crippen LogP contribution is -2.04. The number of ether oxygens (including phenoxy) is 1. The van der Waals surface area contributed by atoms with Gasteiger partial charge in [-0.05, 0) is 37.3 Å². The van der Waals surface area contributed by atoms with Crippen LogP contribution >= 0.6 is 11.3 Å². The number of anilines is 2. The molecule has 0 aliphatic heterocycles. The van der Waals surface area contributed by atoms with E-state index in [4.69, 9.17) is 4.74 Å². The first-order valence-electron chi connectivity index (χ1n) is 9.22. The Morgan fingerprint density at radius 3 is 2.42 bits per heavy atom. The molecule has 0 saturated heterocycles. The number of alkyl halides is 3. The summed E-state index contributed by atoms with van der Waals surface area (Å²) in [6.07, 6.45) is -1.02. The van der Waals surface area contributed by atoms with Gasteiger partial charge in [-0.3, -0.25) is 0 Å². The summed E-state index contributed by atoms with van der Waals surface area (Å²) in [5.74, 6) is 0.994. The van der Waals surface area contributed by atoms with Crippen LogP contribution < -0.4 is 10.1 Å². The second-order valence-electron chi connectivity index (χ2n) is 6.62. The highest BCUT2D eigenvalue weighted by Crippen LogP contribution is 2.36. The number of benzene rings is 2. The molecular formula is C22H17F3N4OS. The lowest BCUT2D eigenvalue weighted by Gasteiger charge is -2.11. The predicted molar refractivity (Wildman–Crippen MR) is 115 cm³/mol. The molecule has 4 rings (SSSR count). The second kappa shape index (κ2) is 8.35. The molecule has 9 heteroatoms. The van der Waals surface area contributed by atoms with Gasteiger partial charge in [-0.2, -0.15) is 13.2 Å². The van der Waals surface area contributed by atoms with Crippen molar-refractivity contribution in [3.63, 3.8) is 0 Å². The van der Waals surface area contributed by atoms with Crippen molar-refractivity contribution in [3.05, 3.63) is 71.5 Å². The van der Waals surface area contributed by atoms with Crippen LogP contribution in [0.3, 0.4) is 0 Å². The molecule has 0 fully saturated rings. The molecule has 0 spiro atoms. The average molecular weight is 442 g/mol. The van der Waals surface area contributed by atoms with Gasteiger partial charge in [0.15, 0.2) is 0 Å². The molecule has 0 atom stereocenters. The van der Waals surface area contributed by atoms with Crippen molar-refractivity contribution in [3.8, 4) is 27.4 Å². The van der Waals surface area contributed by atoms with E-state index in [1.807, 2.05) is 31.3 Å². The van der Waals surface area contributed by atoms with Gasteiger partial charge in [0.2, 0.25) is 5.95 Å². The Hall–Kier alpha value is -3.46. The molecule has 0 bridgehead atoms. The van der Waals surface area contributed by atoms with Crippen LogP contribution in [0.25, 0.3) is 21.7 Å². The Morgan fingerprint density at radius 1 is 1.00 bits per heavy atom. The van der Waals surface area contributed by atoms with E-state index in [1.54, 1.807) is 30.7 Å². The minimum atomic E-state index is -4.37. The topological polar surface area (TPSA) is 59.9 Å². The van der Waals surface area contributed by atoms with Crippen LogP contribution in [0.4, 0.5) is 24.8 Å². The number of aromatic nitrogens is 3. The number of thiazole rings is 1. The molecule has 0 aliphatic carbocycles. The molecule has 0 aliphatic rings. The summed E-state index contributed by atoms with van der Waals surface area (Å²) in [6.45, 7) is 1.94. The fourth-order valence-electron chi connectivity index (χ4n) is 3.00. The Bertz CT molecular complexity index is 1210. The van der Waals surface area contributed by atoms with Crippen LogP contribution in [0.5, 0.6) is 5.75 Å². The summed E-state index contributed by atoms with van der Waals surface area (Å²) in [5, 5.41) is 4.08. The molecule has 158 valence electrons. The lowest BCUT2D eigenvalue weighted by atomic mass is 10.1. The summed E-state index contributed by atoms with van der Waals surface area (Å²) in [4.78, 5) is 13.9. The molecule has 0 saturated carbocycles. The van der Waals surface area contributed by atoms with Crippen LogP contribution in [0.1, 0.15) is 10.6 Å². The van der Waals surface area contributed by atoms with Crippen molar-refractivity contribution in [1.29, 1.82) is 0 Å². The van der Waals surface area contributed by atoms with E-state index in [0.717, 1.165) is 27.6 Å². The Balaban J connectivity index is 1.58. The van der Waals surface area contributed by atoms with Gasteiger partial charge in [0, 0.05) is 35.3 Å². The van der Waals surface area contributed by atoms with Gasteiger partial charge in [-0.25, -0.2) is 15.0 Å². The highest BCUT2D eigenvalue weighted by atomic mass is 32.1. The molecule has 0 radical (unpaired) electrons. The van der Waals surface area contributed by atoms with E-state index in [1.165, 1.54) is 12.1 Å².